The average molecular weight is 740 g/mol. The Morgan fingerprint density at radius 3 is 2.12 bits per heavy atom. The third kappa shape index (κ3) is 8.97. The van der Waals surface area contributed by atoms with Gasteiger partial charge in [0.1, 0.15) is 0 Å². The van der Waals surface area contributed by atoms with E-state index in [0.29, 0.717) is 35.6 Å². The lowest BCUT2D eigenvalue weighted by molar-refractivity contribution is 0.0600. The fraction of sp³-hybridized carbons (Fsp3) is 0.372. The molecule has 0 unspecified atom stereocenters. The highest BCUT2D eigenvalue weighted by Crippen LogP contribution is 2.38. The Kier molecular flexibility index (Phi) is 12.5. The van der Waals surface area contributed by atoms with Gasteiger partial charge in [-0.3, -0.25) is 4.90 Å². The molecule has 1 aromatic heterocycles. The predicted molar refractivity (Wildman–Crippen MR) is 212 cm³/mol. The number of ether oxygens (including phenoxy) is 1. The largest absolute Gasteiger partial charge is 0.465 e. The minimum atomic E-state index is -3.50. The molecule has 7 nitrogen and oxygen atoms in total. The standard InChI is InChI=1S/C43H50ClN3O4S/c1-31-12-10-13-32(2)46(31)28-29-52(49,50)45-27-26-41-38(19-11-14-33-20-22-36(23-21-33)43(48)51-3)39-30-37(44)24-25-40(39)47(41)42(34-15-6-4-7-16-34)35-17-8-5-9-18-35/h4-9,15-18,20-25,30-32,42,45H,10-14,19,26-29H2,1-3H3/t31-,32+. The van der Waals surface area contributed by atoms with Gasteiger partial charge in [0.05, 0.1) is 24.5 Å². The summed E-state index contributed by atoms with van der Waals surface area (Å²) in [4.78, 5) is 14.3. The number of methoxy groups -OCH3 is 1. The van der Waals surface area contributed by atoms with Crippen molar-refractivity contribution in [1.82, 2.24) is 14.2 Å². The SMILES string of the molecule is COC(=O)c1ccc(CCCc2c(CCNS(=O)(=O)CCN3[C@H](C)CCC[C@@H]3C)n(C(c3ccccc3)c3ccccc3)c3ccc(Cl)cc23)cc1. The maximum absolute atomic E-state index is 13.5. The maximum Gasteiger partial charge on any atom is 0.337 e. The van der Waals surface area contributed by atoms with E-state index in [2.05, 4.69) is 88.7 Å². The Bertz CT molecular complexity index is 2000. The van der Waals surface area contributed by atoms with Crippen molar-refractivity contribution in [3.05, 3.63) is 142 Å². The Labute approximate surface area is 314 Å². The number of hydrogen-bond donors (Lipinski definition) is 1. The summed E-state index contributed by atoms with van der Waals surface area (Å²) in [6, 6.07) is 35.3. The van der Waals surface area contributed by atoms with Crippen LogP contribution in [-0.2, 0) is 34.0 Å². The van der Waals surface area contributed by atoms with Crippen molar-refractivity contribution in [3.8, 4) is 0 Å². The van der Waals surface area contributed by atoms with Crippen LogP contribution in [0.15, 0.2) is 103 Å². The third-order valence-corrected chi connectivity index (χ3v) is 12.2. The lowest BCUT2D eigenvalue weighted by atomic mass is 9.97. The van der Waals surface area contributed by atoms with E-state index in [1.807, 2.05) is 30.3 Å². The number of rotatable bonds is 15. The lowest BCUT2D eigenvalue weighted by Crippen LogP contribution is -2.46. The molecule has 0 saturated carbocycles. The predicted octanol–water partition coefficient (Wildman–Crippen LogP) is 8.62. The topological polar surface area (TPSA) is 80.6 Å². The molecule has 6 rings (SSSR count). The van der Waals surface area contributed by atoms with Gasteiger partial charge in [-0.15, -0.1) is 0 Å². The molecule has 52 heavy (non-hydrogen) atoms. The number of nitrogens with one attached hydrogen (secondary N) is 1. The summed E-state index contributed by atoms with van der Waals surface area (Å²) in [6.45, 7) is 5.23. The normalized spacial score (nSPS) is 16.8. The lowest BCUT2D eigenvalue weighted by Gasteiger charge is -2.38. The third-order valence-electron chi connectivity index (χ3n) is 10.6. The molecule has 1 fully saturated rings. The molecule has 5 aromatic rings. The number of carbonyl (C=O) groups excluding carboxylic acids is 1. The molecule has 4 aromatic carbocycles. The van der Waals surface area contributed by atoms with Gasteiger partial charge in [0.2, 0.25) is 10.0 Å². The van der Waals surface area contributed by atoms with E-state index in [9.17, 15) is 13.2 Å². The van der Waals surface area contributed by atoms with Crippen LogP contribution in [0.4, 0.5) is 0 Å². The van der Waals surface area contributed by atoms with Crippen molar-refractivity contribution >= 4 is 38.5 Å². The smallest absolute Gasteiger partial charge is 0.337 e. The Morgan fingerprint density at radius 2 is 1.50 bits per heavy atom. The van der Waals surface area contributed by atoms with Crippen molar-refractivity contribution in [1.29, 1.82) is 0 Å². The van der Waals surface area contributed by atoms with Crippen LogP contribution in [0, 0.1) is 0 Å². The van der Waals surface area contributed by atoms with Gasteiger partial charge in [-0.05, 0) is 98.5 Å². The highest BCUT2D eigenvalue weighted by Gasteiger charge is 2.28. The number of benzene rings is 4. The first kappa shape index (κ1) is 37.8. The van der Waals surface area contributed by atoms with E-state index in [1.54, 1.807) is 12.1 Å². The van der Waals surface area contributed by atoms with Gasteiger partial charge in [0.25, 0.3) is 0 Å². The monoisotopic (exact) mass is 739 g/mol. The van der Waals surface area contributed by atoms with Crippen LogP contribution in [0.2, 0.25) is 5.02 Å². The zero-order valence-electron chi connectivity index (χ0n) is 30.4. The highest BCUT2D eigenvalue weighted by molar-refractivity contribution is 7.89. The molecule has 2 atom stereocenters. The van der Waals surface area contributed by atoms with Crippen molar-refractivity contribution < 1.29 is 17.9 Å². The first-order chi connectivity index (χ1) is 25.1. The zero-order valence-corrected chi connectivity index (χ0v) is 32.0. The van der Waals surface area contributed by atoms with Gasteiger partial charge in [-0.25, -0.2) is 17.9 Å². The second-order valence-corrected chi connectivity index (χ2v) is 16.4. The van der Waals surface area contributed by atoms with Crippen molar-refractivity contribution in [2.75, 3.05) is 26.0 Å². The van der Waals surface area contributed by atoms with Gasteiger partial charge in [0, 0.05) is 53.2 Å². The number of esters is 1. The Morgan fingerprint density at radius 1 is 0.865 bits per heavy atom. The molecule has 1 saturated heterocycles. The van der Waals surface area contributed by atoms with Gasteiger partial charge >= 0.3 is 5.97 Å². The van der Waals surface area contributed by atoms with E-state index in [-0.39, 0.29) is 24.3 Å². The molecule has 1 aliphatic rings. The van der Waals surface area contributed by atoms with Crippen molar-refractivity contribution in [2.24, 2.45) is 0 Å². The summed E-state index contributed by atoms with van der Waals surface area (Å²) < 4.78 is 37.2. The number of hydrogen-bond acceptors (Lipinski definition) is 5. The first-order valence-electron chi connectivity index (χ1n) is 18.5. The number of nitrogens with zero attached hydrogens (tertiary/aromatic N) is 2. The molecule has 1 N–H and O–H groups in total. The van der Waals surface area contributed by atoms with Crippen LogP contribution >= 0.6 is 11.6 Å². The minimum Gasteiger partial charge on any atom is -0.465 e. The fourth-order valence-corrected chi connectivity index (χ4v) is 9.13. The van der Waals surface area contributed by atoms with Crippen LogP contribution in [0.3, 0.4) is 0 Å². The molecule has 274 valence electrons. The molecule has 0 spiro atoms. The molecule has 0 radical (unpaired) electrons. The summed E-state index contributed by atoms with van der Waals surface area (Å²) in [6.07, 6.45) is 6.37. The van der Waals surface area contributed by atoms with Crippen molar-refractivity contribution in [2.45, 2.75) is 76.9 Å². The maximum atomic E-state index is 13.5. The number of likely N-dealkylation sites (tertiary alicyclic amines) is 1. The Balaban J connectivity index is 1.34. The molecule has 2 heterocycles. The summed E-state index contributed by atoms with van der Waals surface area (Å²) >= 11 is 6.69. The number of aromatic nitrogens is 1. The Hall–Kier alpha value is -3.95. The summed E-state index contributed by atoms with van der Waals surface area (Å²) in [7, 11) is -2.12. The minimum absolute atomic E-state index is 0.0819. The molecule has 0 aliphatic carbocycles. The number of aryl methyl sites for hydroxylation is 2. The second-order valence-electron chi connectivity index (χ2n) is 14.1. The van der Waals surface area contributed by atoms with Crippen LogP contribution < -0.4 is 4.72 Å². The summed E-state index contributed by atoms with van der Waals surface area (Å²) in [5.74, 6) is -0.267. The zero-order chi connectivity index (χ0) is 36.7. The fourth-order valence-electron chi connectivity index (χ4n) is 7.95. The molecule has 9 heteroatoms. The molecule has 0 bridgehead atoms. The van der Waals surface area contributed by atoms with Crippen LogP contribution in [0.1, 0.15) is 83.9 Å². The first-order valence-corrected chi connectivity index (χ1v) is 20.5. The number of sulfonamides is 1. The van der Waals surface area contributed by atoms with E-state index in [4.69, 9.17) is 16.3 Å². The van der Waals surface area contributed by atoms with Gasteiger partial charge in [-0.1, -0.05) is 90.8 Å². The molecule has 1 aliphatic heterocycles. The average Bonchev–Trinajstić information content (AvgIpc) is 3.43. The number of piperidine rings is 1. The van der Waals surface area contributed by atoms with E-state index < -0.39 is 10.0 Å². The molecular formula is C43H50ClN3O4S. The van der Waals surface area contributed by atoms with Gasteiger partial charge < -0.3 is 9.30 Å². The summed E-state index contributed by atoms with van der Waals surface area (Å²) in [5, 5.41) is 1.74. The van der Waals surface area contributed by atoms with Crippen LogP contribution in [0.5, 0.6) is 0 Å². The number of halogens is 1. The van der Waals surface area contributed by atoms with Crippen LogP contribution in [-0.4, -0.2) is 61.9 Å². The molecule has 0 amide bonds. The highest BCUT2D eigenvalue weighted by atomic mass is 35.5. The van der Waals surface area contributed by atoms with Crippen molar-refractivity contribution in [3.63, 3.8) is 0 Å². The summed E-state index contributed by atoms with van der Waals surface area (Å²) in [5.41, 5.74) is 7.28. The quantitative estimate of drug-likeness (QED) is 0.109. The van der Waals surface area contributed by atoms with Gasteiger partial charge in [-0.2, -0.15) is 0 Å². The molecular weight excluding hydrogens is 690 g/mol. The van der Waals surface area contributed by atoms with E-state index in [0.717, 1.165) is 65.4 Å². The number of fused-ring (bicyclic) bond motifs is 1. The number of carbonyl (C=O) groups is 1. The van der Waals surface area contributed by atoms with Crippen LogP contribution in [0.25, 0.3) is 10.9 Å². The second kappa shape index (κ2) is 17.3. The van der Waals surface area contributed by atoms with Gasteiger partial charge in [0.15, 0.2) is 0 Å². The van der Waals surface area contributed by atoms with E-state index >= 15 is 0 Å². The van der Waals surface area contributed by atoms with E-state index in [1.165, 1.54) is 19.1 Å².